The first kappa shape index (κ1) is 15.1. The lowest BCUT2D eigenvalue weighted by molar-refractivity contribution is -0.226. The first-order valence-electron chi connectivity index (χ1n) is 6.69. The van der Waals surface area contributed by atoms with Gasteiger partial charge in [0.15, 0.2) is 11.5 Å². The van der Waals surface area contributed by atoms with Crippen LogP contribution in [0.3, 0.4) is 0 Å². The van der Waals surface area contributed by atoms with Crippen molar-refractivity contribution in [2.75, 3.05) is 26.4 Å². The van der Waals surface area contributed by atoms with E-state index in [1.807, 2.05) is 0 Å². The average Bonchev–Trinajstić information content (AvgIpc) is 3.02. The number of hydrogen-bond donors (Lipinski definition) is 4. The third-order valence-electron chi connectivity index (χ3n) is 3.94. The lowest BCUT2D eigenvalue weighted by atomic mass is 10.1. The molecule has 120 valence electrons. The van der Waals surface area contributed by atoms with Gasteiger partial charge in [-0.05, 0) is 14.1 Å². The van der Waals surface area contributed by atoms with Gasteiger partial charge >= 0.3 is 0 Å². The summed E-state index contributed by atoms with van der Waals surface area (Å²) in [6.45, 7) is -0.433. The molecule has 10 nitrogen and oxygen atoms in total. The fourth-order valence-electron chi connectivity index (χ4n) is 2.81. The van der Waals surface area contributed by atoms with Crippen LogP contribution < -0.4 is 5.73 Å². The van der Waals surface area contributed by atoms with Crippen molar-refractivity contribution in [1.29, 1.82) is 0 Å². The average molecular weight is 310 g/mol. The van der Waals surface area contributed by atoms with Crippen LogP contribution in [0.5, 0.6) is 0 Å². The van der Waals surface area contributed by atoms with Crippen molar-refractivity contribution < 1.29 is 20.1 Å². The Balaban J connectivity index is 2.22. The molecule has 0 spiro atoms. The van der Waals surface area contributed by atoms with Gasteiger partial charge in [0.1, 0.15) is 36.5 Å². The third kappa shape index (κ3) is 1.82. The summed E-state index contributed by atoms with van der Waals surface area (Å²) in [4.78, 5) is 13.7. The van der Waals surface area contributed by atoms with Gasteiger partial charge in [0.05, 0.1) is 6.61 Å². The lowest BCUT2D eigenvalue weighted by Crippen LogP contribution is -2.55. The van der Waals surface area contributed by atoms with E-state index in [2.05, 4.69) is 15.0 Å². The topological polar surface area (TPSA) is 143 Å². The van der Waals surface area contributed by atoms with Gasteiger partial charge in [-0.2, -0.15) is 0 Å². The number of nitrogens with zero attached hydrogens (tertiary/aromatic N) is 5. The molecule has 10 heteroatoms. The molecule has 0 amide bonds. The van der Waals surface area contributed by atoms with Crippen molar-refractivity contribution >= 4 is 17.0 Å². The summed E-state index contributed by atoms with van der Waals surface area (Å²) in [5.74, 6) is -1.27. The van der Waals surface area contributed by atoms with Crippen molar-refractivity contribution in [3.05, 3.63) is 12.7 Å². The summed E-state index contributed by atoms with van der Waals surface area (Å²) in [5, 5.41) is 30.0. The Bertz CT molecular complexity index is 691. The highest BCUT2D eigenvalue weighted by molar-refractivity contribution is 5.81. The molecule has 0 aromatic carbocycles. The van der Waals surface area contributed by atoms with Crippen LogP contribution in [0.25, 0.3) is 11.2 Å². The fraction of sp³-hybridized carbons (Fsp3) is 0.583. The third-order valence-corrected chi connectivity index (χ3v) is 3.94. The van der Waals surface area contributed by atoms with Crippen LogP contribution in [0, 0.1) is 0 Å². The minimum absolute atomic E-state index is 0.199. The van der Waals surface area contributed by atoms with Crippen LogP contribution >= 0.6 is 0 Å². The smallest absolute Gasteiger partial charge is 0.236 e. The predicted molar refractivity (Wildman–Crippen MR) is 75.4 cm³/mol. The van der Waals surface area contributed by atoms with Crippen molar-refractivity contribution in [1.82, 2.24) is 24.4 Å². The number of rotatable bonds is 3. The zero-order chi connectivity index (χ0) is 16.1. The van der Waals surface area contributed by atoms with Gasteiger partial charge in [0, 0.05) is 0 Å². The predicted octanol–water partition coefficient (Wildman–Crippen LogP) is -2.31. The van der Waals surface area contributed by atoms with Crippen molar-refractivity contribution in [2.45, 2.75) is 24.2 Å². The van der Waals surface area contributed by atoms with Gasteiger partial charge in [-0.1, -0.05) is 0 Å². The number of aromatic nitrogens is 4. The maximum atomic E-state index is 10.5. The van der Waals surface area contributed by atoms with Crippen molar-refractivity contribution in [2.24, 2.45) is 0 Å². The van der Waals surface area contributed by atoms with Gasteiger partial charge in [0.25, 0.3) is 0 Å². The molecule has 0 saturated carbocycles. The first-order valence-corrected chi connectivity index (χ1v) is 6.69. The Morgan fingerprint density at radius 2 is 2.09 bits per heavy atom. The molecule has 3 rings (SSSR count). The fourth-order valence-corrected chi connectivity index (χ4v) is 2.81. The van der Waals surface area contributed by atoms with E-state index in [0.717, 1.165) is 0 Å². The summed E-state index contributed by atoms with van der Waals surface area (Å²) in [7, 11) is 3.35. The van der Waals surface area contributed by atoms with E-state index in [9.17, 15) is 15.3 Å². The van der Waals surface area contributed by atoms with Crippen molar-refractivity contribution in [3.63, 3.8) is 0 Å². The second kappa shape index (κ2) is 5.11. The Hall–Kier alpha value is -1.85. The molecular weight excluding hydrogens is 292 g/mol. The molecule has 2 aromatic heterocycles. The zero-order valence-electron chi connectivity index (χ0n) is 12.2. The molecule has 5 N–H and O–H groups in total. The quantitative estimate of drug-likeness (QED) is 0.492. The lowest BCUT2D eigenvalue weighted by Gasteiger charge is -2.39. The summed E-state index contributed by atoms with van der Waals surface area (Å²) in [6, 6.07) is 0. The Kier molecular flexibility index (Phi) is 3.50. The largest absolute Gasteiger partial charge is 0.394 e. The van der Waals surface area contributed by atoms with Crippen LogP contribution in [0.2, 0.25) is 0 Å². The van der Waals surface area contributed by atoms with E-state index >= 15 is 0 Å². The van der Waals surface area contributed by atoms with Gasteiger partial charge in [-0.15, -0.1) is 0 Å². The van der Waals surface area contributed by atoms with E-state index in [1.54, 1.807) is 19.0 Å². The summed E-state index contributed by atoms with van der Waals surface area (Å²) in [5.41, 5.74) is 6.48. The number of aliphatic hydroxyl groups excluding tert-OH is 3. The number of nitrogens with two attached hydrogens (primary N) is 1. The minimum Gasteiger partial charge on any atom is -0.394 e. The second-order valence-corrected chi connectivity index (χ2v) is 5.37. The van der Waals surface area contributed by atoms with Crippen LogP contribution in [-0.4, -0.2) is 78.8 Å². The highest BCUT2D eigenvalue weighted by atomic mass is 16.6. The molecule has 1 fully saturated rings. The summed E-state index contributed by atoms with van der Waals surface area (Å²) < 4.78 is 7.25. The molecule has 0 bridgehead atoms. The minimum atomic E-state index is -1.47. The van der Waals surface area contributed by atoms with Crippen LogP contribution in [0.15, 0.2) is 12.7 Å². The van der Waals surface area contributed by atoms with Gasteiger partial charge in [0.2, 0.25) is 5.85 Å². The van der Waals surface area contributed by atoms with E-state index in [1.165, 1.54) is 17.2 Å². The summed E-state index contributed by atoms with van der Waals surface area (Å²) >= 11 is 0. The van der Waals surface area contributed by atoms with E-state index in [0.29, 0.717) is 11.2 Å². The number of likely N-dealkylation sites (N-methyl/N-ethyl adjacent to an activating group) is 1. The molecule has 0 unspecified atom stereocenters. The second-order valence-electron chi connectivity index (χ2n) is 5.37. The maximum absolute atomic E-state index is 10.5. The molecule has 4 atom stereocenters. The number of anilines is 1. The van der Waals surface area contributed by atoms with E-state index in [4.69, 9.17) is 10.5 Å². The van der Waals surface area contributed by atoms with Gasteiger partial charge in [-0.3, -0.25) is 9.47 Å². The zero-order valence-corrected chi connectivity index (χ0v) is 12.2. The van der Waals surface area contributed by atoms with Crippen LogP contribution in [0.4, 0.5) is 5.82 Å². The molecule has 0 radical (unpaired) electrons. The molecule has 22 heavy (non-hydrogen) atoms. The highest BCUT2D eigenvalue weighted by Crippen LogP contribution is 2.39. The molecule has 1 aliphatic heterocycles. The molecule has 3 heterocycles. The molecule has 1 aliphatic rings. The number of aliphatic hydroxyl groups is 3. The SMILES string of the molecule is CN(C)[C@@]1(n2cnc3c(N)ncnc32)O[C@H](CO)[C@@H](O)[C@H]1O. The first-order chi connectivity index (χ1) is 10.4. The molecular formula is C12H18N6O4. The standard InChI is InChI=1S/C12H18N6O4/c1-17(2)12(9(21)8(20)6(3-19)22-12)18-5-16-7-10(13)14-4-15-11(7)18/h4-6,8-9,19-21H,3H2,1-2H3,(H2,13,14,15)/t6-,8-,9-,12+/m1/s1. The van der Waals surface area contributed by atoms with Gasteiger partial charge in [-0.25, -0.2) is 15.0 Å². The number of hydrogen-bond acceptors (Lipinski definition) is 9. The van der Waals surface area contributed by atoms with E-state index < -0.39 is 30.8 Å². The molecule has 0 aliphatic carbocycles. The van der Waals surface area contributed by atoms with Crippen LogP contribution in [-0.2, 0) is 10.6 Å². The molecule has 1 saturated heterocycles. The van der Waals surface area contributed by atoms with E-state index in [-0.39, 0.29) is 5.82 Å². The normalized spacial score (nSPS) is 32.2. The number of ether oxygens (including phenoxy) is 1. The number of fused-ring (bicyclic) bond motifs is 1. The van der Waals surface area contributed by atoms with Gasteiger partial charge < -0.3 is 25.8 Å². The Morgan fingerprint density at radius 1 is 1.36 bits per heavy atom. The number of nitrogen functional groups attached to an aromatic ring is 1. The molecule has 2 aromatic rings. The maximum Gasteiger partial charge on any atom is 0.236 e. The Morgan fingerprint density at radius 3 is 2.68 bits per heavy atom. The number of imidazole rings is 1. The monoisotopic (exact) mass is 310 g/mol. The van der Waals surface area contributed by atoms with Crippen LogP contribution in [0.1, 0.15) is 0 Å². The van der Waals surface area contributed by atoms with Crippen molar-refractivity contribution in [3.8, 4) is 0 Å². The highest BCUT2D eigenvalue weighted by Gasteiger charge is 2.57. The Labute approximate surface area is 125 Å². The summed E-state index contributed by atoms with van der Waals surface area (Å²) in [6.07, 6.45) is -0.836.